The van der Waals surface area contributed by atoms with Gasteiger partial charge >= 0.3 is 5.97 Å². The number of amides is 1. The van der Waals surface area contributed by atoms with Crippen molar-refractivity contribution >= 4 is 22.8 Å². The third-order valence-corrected chi connectivity index (χ3v) is 4.83. The monoisotopic (exact) mass is 418 g/mol. The van der Waals surface area contributed by atoms with Crippen LogP contribution in [0.3, 0.4) is 0 Å². The molecule has 0 saturated heterocycles. The molecular weight excluding hydrogens is 399 g/mol. The Hall–Kier alpha value is -4.00. The van der Waals surface area contributed by atoms with Crippen LogP contribution in [0.25, 0.3) is 22.4 Å². The Morgan fingerprint density at radius 1 is 1.06 bits per heavy atom. The Morgan fingerprint density at radius 2 is 1.84 bits per heavy atom. The van der Waals surface area contributed by atoms with E-state index in [4.69, 9.17) is 9.15 Å². The van der Waals surface area contributed by atoms with Gasteiger partial charge in [0.15, 0.2) is 12.4 Å². The molecule has 6 nitrogen and oxygen atoms in total. The van der Waals surface area contributed by atoms with Gasteiger partial charge < -0.3 is 14.1 Å². The predicted octanol–water partition coefficient (Wildman–Crippen LogP) is 4.45. The van der Waals surface area contributed by atoms with E-state index < -0.39 is 24.3 Å². The van der Waals surface area contributed by atoms with Crippen molar-refractivity contribution in [3.8, 4) is 11.5 Å². The topological polar surface area (TPSA) is 72.6 Å². The second-order valence-electron chi connectivity index (χ2n) is 6.97. The lowest BCUT2D eigenvalue weighted by Crippen LogP contribution is -2.31. The third kappa shape index (κ3) is 4.45. The Kier molecular flexibility index (Phi) is 5.75. The molecule has 4 rings (SSSR count). The molecule has 0 atom stereocenters. The Morgan fingerprint density at radius 3 is 2.61 bits per heavy atom. The number of rotatable bonds is 6. The number of carbonyl (C=O) groups is 2. The molecule has 0 aliphatic rings. The number of hydrogen-bond donors (Lipinski definition) is 0. The van der Waals surface area contributed by atoms with E-state index in [1.807, 2.05) is 6.07 Å². The van der Waals surface area contributed by atoms with Crippen LogP contribution in [-0.4, -0.2) is 35.4 Å². The smallest absolute Gasteiger partial charge is 0.339 e. The molecule has 0 radical (unpaired) electrons. The van der Waals surface area contributed by atoms with Gasteiger partial charge in [0.25, 0.3) is 5.91 Å². The lowest BCUT2D eigenvalue weighted by molar-refractivity contribution is -0.133. The normalized spacial score (nSPS) is 10.8. The summed E-state index contributed by atoms with van der Waals surface area (Å²) in [4.78, 5) is 31.1. The van der Waals surface area contributed by atoms with E-state index in [1.165, 1.54) is 24.3 Å². The van der Waals surface area contributed by atoms with Crippen molar-refractivity contribution < 1.29 is 23.1 Å². The van der Waals surface area contributed by atoms with Crippen molar-refractivity contribution in [2.45, 2.75) is 6.54 Å². The number of benzene rings is 2. The van der Waals surface area contributed by atoms with E-state index in [1.54, 1.807) is 54.6 Å². The zero-order valence-electron chi connectivity index (χ0n) is 16.7. The molecule has 0 aliphatic heterocycles. The van der Waals surface area contributed by atoms with Crippen LogP contribution in [0, 0.1) is 5.82 Å². The number of hydrogen-bond acceptors (Lipinski definition) is 5. The summed E-state index contributed by atoms with van der Waals surface area (Å²) in [6.07, 6.45) is 1.52. The molecule has 1 amide bonds. The van der Waals surface area contributed by atoms with E-state index in [0.717, 1.165) is 0 Å². The predicted molar refractivity (Wildman–Crippen MR) is 113 cm³/mol. The van der Waals surface area contributed by atoms with Gasteiger partial charge in [0, 0.05) is 24.5 Å². The maximum absolute atomic E-state index is 13.8. The number of para-hydroxylation sites is 1. The zero-order chi connectivity index (χ0) is 21.8. The molecule has 2 heterocycles. The molecule has 0 aliphatic carbocycles. The van der Waals surface area contributed by atoms with Crippen LogP contribution in [0.15, 0.2) is 77.4 Å². The van der Waals surface area contributed by atoms with Gasteiger partial charge in [-0.05, 0) is 30.3 Å². The van der Waals surface area contributed by atoms with Crippen LogP contribution < -0.4 is 0 Å². The zero-order valence-corrected chi connectivity index (χ0v) is 16.7. The van der Waals surface area contributed by atoms with E-state index in [9.17, 15) is 14.0 Å². The SMILES string of the molecule is CN(Cc1ccccc1F)C(=O)COC(=O)c1cc(-c2ccco2)nc2ccccc12. The molecule has 0 unspecified atom stereocenters. The largest absolute Gasteiger partial charge is 0.463 e. The summed E-state index contributed by atoms with van der Waals surface area (Å²) >= 11 is 0. The minimum atomic E-state index is -0.654. The van der Waals surface area contributed by atoms with Gasteiger partial charge in [-0.1, -0.05) is 36.4 Å². The number of halogens is 1. The van der Waals surface area contributed by atoms with Crippen molar-refractivity contribution in [2.75, 3.05) is 13.7 Å². The van der Waals surface area contributed by atoms with Crippen LogP contribution in [-0.2, 0) is 16.1 Å². The second kappa shape index (κ2) is 8.79. The van der Waals surface area contributed by atoms with E-state index in [-0.39, 0.29) is 12.1 Å². The number of esters is 1. The maximum atomic E-state index is 13.8. The molecule has 0 N–H and O–H groups in total. The van der Waals surface area contributed by atoms with Crippen molar-refractivity contribution in [2.24, 2.45) is 0 Å². The number of carbonyl (C=O) groups excluding carboxylic acids is 2. The summed E-state index contributed by atoms with van der Waals surface area (Å²) in [6, 6.07) is 18.4. The van der Waals surface area contributed by atoms with E-state index in [2.05, 4.69) is 4.98 Å². The molecule has 31 heavy (non-hydrogen) atoms. The van der Waals surface area contributed by atoms with Gasteiger partial charge in [-0.15, -0.1) is 0 Å². The molecule has 4 aromatic rings. The minimum Gasteiger partial charge on any atom is -0.463 e. The number of aromatic nitrogens is 1. The highest BCUT2D eigenvalue weighted by Crippen LogP contribution is 2.25. The highest BCUT2D eigenvalue weighted by molar-refractivity contribution is 6.05. The average Bonchev–Trinajstić information content (AvgIpc) is 3.33. The summed E-state index contributed by atoms with van der Waals surface area (Å²) in [5.74, 6) is -0.978. The maximum Gasteiger partial charge on any atom is 0.339 e. The van der Waals surface area contributed by atoms with Crippen LogP contribution in [0.1, 0.15) is 15.9 Å². The fourth-order valence-corrected chi connectivity index (χ4v) is 3.18. The number of pyridine rings is 1. The Balaban J connectivity index is 1.50. The quantitative estimate of drug-likeness (QED) is 0.433. The molecule has 2 aromatic heterocycles. The van der Waals surface area contributed by atoms with Crippen molar-refractivity contribution in [1.82, 2.24) is 9.88 Å². The van der Waals surface area contributed by atoms with E-state index in [0.29, 0.717) is 27.9 Å². The fraction of sp³-hybridized carbons (Fsp3) is 0.125. The Bertz CT molecular complexity index is 1240. The van der Waals surface area contributed by atoms with Crippen molar-refractivity contribution in [3.63, 3.8) is 0 Å². The first-order chi connectivity index (χ1) is 15.0. The molecule has 7 heteroatoms. The molecule has 0 fully saturated rings. The summed E-state index contributed by atoms with van der Waals surface area (Å²) in [6.45, 7) is -0.388. The van der Waals surface area contributed by atoms with Gasteiger partial charge in [-0.25, -0.2) is 14.2 Å². The minimum absolute atomic E-state index is 0.0733. The lowest BCUT2D eigenvalue weighted by atomic mass is 10.1. The summed E-state index contributed by atoms with van der Waals surface area (Å²) in [7, 11) is 1.53. The second-order valence-corrected chi connectivity index (χ2v) is 6.97. The van der Waals surface area contributed by atoms with Crippen LogP contribution in [0.4, 0.5) is 4.39 Å². The molecule has 0 bridgehead atoms. The highest BCUT2D eigenvalue weighted by atomic mass is 19.1. The standard InChI is InChI=1S/C24H19FN2O4/c1-27(14-16-7-2-4-9-19(16)25)23(28)15-31-24(29)18-13-21(22-11-6-12-30-22)26-20-10-5-3-8-17(18)20/h2-13H,14-15H2,1H3. The third-order valence-electron chi connectivity index (χ3n) is 4.83. The molecule has 2 aromatic carbocycles. The summed E-state index contributed by atoms with van der Waals surface area (Å²) < 4.78 is 24.5. The fourth-order valence-electron chi connectivity index (χ4n) is 3.18. The first-order valence-corrected chi connectivity index (χ1v) is 9.61. The summed E-state index contributed by atoms with van der Waals surface area (Å²) in [5.41, 5.74) is 1.75. The van der Waals surface area contributed by atoms with E-state index >= 15 is 0 Å². The lowest BCUT2D eigenvalue weighted by Gasteiger charge is -2.17. The molecule has 0 saturated carbocycles. The molecule has 0 spiro atoms. The molecular formula is C24H19FN2O4. The average molecular weight is 418 g/mol. The summed E-state index contributed by atoms with van der Waals surface area (Å²) in [5, 5.41) is 0.606. The molecule has 156 valence electrons. The number of ether oxygens (including phenoxy) is 1. The first kappa shape index (κ1) is 20.3. The number of fused-ring (bicyclic) bond motifs is 1. The van der Waals surface area contributed by atoms with Crippen LogP contribution in [0.2, 0.25) is 0 Å². The van der Waals surface area contributed by atoms with Crippen LogP contribution >= 0.6 is 0 Å². The number of nitrogens with zero attached hydrogens (tertiary/aromatic N) is 2. The van der Waals surface area contributed by atoms with Crippen molar-refractivity contribution in [3.05, 3.63) is 89.9 Å². The van der Waals surface area contributed by atoms with Gasteiger partial charge in [-0.2, -0.15) is 0 Å². The first-order valence-electron chi connectivity index (χ1n) is 9.61. The number of likely N-dealkylation sites (N-methyl/N-ethyl adjacent to an activating group) is 1. The van der Waals surface area contributed by atoms with Crippen LogP contribution in [0.5, 0.6) is 0 Å². The Labute approximate surface area is 177 Å². The van der Waals surface area contributed by atoms with Crippen molar-refractivity contribution in [1.29, 1.82) is 0 Å². The number of furan rings is 1. The van der Waals surface area contributed by atoms with Gasteiger partial charge in [-0.3, -0.25) is 4.79 Å². The van der Waals surface area contributed by atoms with Gasteiger partial charge in [0.1, 0.15) is 11.5 Å². The highest BCUT2D eigenvalue weighted by Gasteiger charge is 2.19. The van der Waals surface area contributed by atoms with Gasteiger partial charge in [0.05, 0.1) is 17.3 Å². The van der Waals surface area contributed by atoms with Gasteiger partial charge in [0.2, 0.25) is 0 Å².